The molecule has 24 heavy (non-hydrogen) atoms. The van der Waals surface area contributed by atoms with Crippen LogP contribution in [0.2, 0.25) is 0 Å². The molecule has 1 aromatic carbocycles. The highest BCUT2D eigenvalue weighted by molar-refractivity contribution is 7.99. The maximum atomic E-state index is 12.0. The van der Waals surface area contributed by atoms with E-state index in [1.807, 2.05) is 11.8 Å². The highest BCUT2D eigenvalue weighted by atomic mass is 35.5. The second kappa shape index (κ2) is 9.62. The molecule has 1 saturated heterocycles. The molecule has 3 N–H and O–H groups in total. The molecule has 2 rings (SSSR count). The molecular weight excluding hydrogens is 370 g/mol. The molecule has 0 bridgehead atoms. The average Bonchev–Trinajstić information content (AvgIpc) is 2.47. The van der Waals surface area contributed by atoms with Crippen molar-refractivity contribution in [1.82, 2.24) is 10.0 Å². The molecule has 0 spiro atoms. The predicted octanol–water partition coefficient (Wildman–Crippen LogP) is 1.83. The molecule has 136 valence electrons. The summed E-state index contributed by atoms with van der Waals surface area (Å²) in [6.45, 7) is 4.46. The quantitative estimate of drug-likeness (QED) is 0.686. The van der Waals surface area contributed by atoms with E-state index in [9.17, 15) is 13.2 Å². The summed E-state index contributed by atoms with van der Waals surface area (Å²) in [5, 5.41) is 6.12. The molecule has 0 aromatic heterocycles. The molecule has 1 amide bonds. The first-order valence-corrected chi connectivity index (χ1v) is 10.2. The van der Waals surface area contributed by atoms with Crippen LogP contribution in [-0.2, 0) is 14.8 Å². The van der Waals surface area contributed by atoms with Crippen LogP contribution in [0.4, 0.5) is 5.69 Å². The van der Waals surface area contributed by atoms with Crippen LogP contribution in [0.25, 0.3) is 0 Å². The number of carbonyl (C=O) groups is 1. The zero-order valence-electron chi connectivity index (χ0n) is 13.7. The number of halogens is 1. The summed E-state index contributed by atoms with van der Waals surface area (Å²) < 4.78 is 26.6. The van der Waals surface area contributed by atoms with Gasteiger partial charge in [0.25, 0.3) is 0 Å². The van der Waals surface area contributed by atoms with Gasteiger partial charge in [-0.1, -0.05) is 0 Å². The molecule has 9 heteroatoms. The normalized spacial score (nSPS) is 18.0. The second-order valence-corrected chi connectivity index (χ2v) is 8.64. The highest BCUT2D eigenvalue weighted by Gasteiger charge is 2.18. The van der Waals surface area contributed by atoms with Crippen LogP contribution in [0.15, 0.2) is 29.2 Å². The molecule has 1 aliphatic rings. The van der Waals surface area contributed by atoms with E-state index in [-0.39, 0.29) is 35.3 Å². The summed E-state index contributed by atoms with van der Waals surface area (Å²) >= 11 is 1.84. The van der Waals surface area contributed by atoms with Crippen LogP contribution in [0.5, 0.6) is 0 Å². The summed E-state index contributed by atoms with van der Waals surface area (Å²) in [6.07, 6.45) is 0.419. The van der Waals surface area contributed by atoms with E-state index in [0.717, 1.165) is 18.1 Å². The molecule has 1 atom stereocenters. The van der Waals surface area contributed by atoms with E-state index in [0.29, 0.717) is 12.1 Å². The Morgan fingerprint density at radius 2 is 2.00 bits per heavy atom. The number of benzene rings is 1. The molecule has 6 nitrogen and oxygen atoms in total. The Morgan fingerprint density at radius 1 is 1.33 bits per heavy atom. The van der Waals surface area contributed by atoms with Gasteiger partial charge in [0.05, 0.1) is 4.90 Å². The average molecular weight is 394 g/mol. The van der Waals surface area contributed by atoms with Crippen molar-refractivity contribution >= 4 is 45.8 Å². The third kappa shape index (κ3) is 6.60. The number of hydrogen-bond donors (Lipinski definition) is 3. The summed E-state index contributed by atoms with van der Waals surface area (Å²) in [4.78, 5) is 12.2. The molecule has 0 saturated carbocycles. The summed E-state index contributed by atoms with van der Waals surface area (Å²) in [6, 6.07) is 6.24. The fourth-order valence-corrected chi connectivity index (χ4v) is 4.48. The van der Waals surface area contributed by atoms with E-state index in [1.54, 1.807) is 26.0 Å². The van der Waals surface area contributed by atoms with Gasteiger partial charge in [0.15, 0.2) is 0 Å². The van der Waals surface area contributed by atoms with E-state index < -0.39 is 10.0 Å². The number of thioether (sulfide) groups is 1. The monoisotopic (exact) mass is 393 g/mol. The van der Waals surface area contributed by atoms with Crippen molar-refractivity contribution in [3.05, 3.63) is 24.3 Å². The van der Waals surface area contributed by atoms with E-state index >= 15 is 0 Å². The van der Waals surface area contributed by atoms with Gasteiger partial charge in [0.2, 0.25) is 15.9 Å². The minimum atomic E-state index is -3.50. The molecule has 0 radical (unpaired) electrons. The fourth-order valence-electron chi connectivity index (χ4n) is 2.28. The van der Waals surface area contributed by atoms with Gasteiger partial charge in [-0.05, 0) is 38.1 Å². The second-order valence-electron chi connectivity index (χ2n) is 5.78. The Morgan fingerprint density at radius 3 is 2.54 bits per heavy atom. The third-order valence-electron chi connectivity index (χ3n) is 3.27. The predicted molar refractivity (Wildman–Crippen MR) is 102 cm³/mol. The lowest BCUT2D eigenvalue weighted by Gasteiger charge is -2.22. The Bertz CT molecular complexity index is 630. The van der Waals surface area contributed by atoms with Crippen LogP contribution >= 0.6 is 24.2 Å². The molecule has 1 fully saturated rings. The minimum absolute atomic E-state index is 0. The van der Waals surface area contributed by atoms with Crippen molar-refractivity contribution in [2.45, 2.75) is 37.2 Å². The maximum absolute atomic E-state index is 12.0. The summed E-state index contributed by atoms with van der Waals surface area (Å²) in [5.41, 5.74) is 0.599. The van der Waals surface area contributed by atoms with Crippen molar-refractivity contribution in [2.24, 2.45) is 0 Å². The molecule has 1 aromatic rings. The van der Waals surface area contributed by atoms with E-state index in [1.165, 1.54) is 12.1 Å². The van der Waals surface area contributed by atoms with Crippen molar-refractivity contribution in [1.29, 1.82) is 0 Å². The Labute approximate surface area is 154 Å². The minimum Gasteiger partial charge on any atom is -0.326 e. The third-order valence-corrected chi connectivity index (χ3v) is 6.07. The number of amides is 1. The van der Waals surface area contributed by atoms with Crippen LogP contribution in [0.3, 0.4) is 0 Å². The number of hydrogen-bond acceptors (Lipinski definition) is 5. The summed E-state index contributed by atoms with van der Waals surface area (Å²) in [7, 11) is -3.50. The number of rotatable bonds is 6. The smallest absolute Gasteiger partial charge is 0.240 e. The highest BCUT2D eigenvalue weighted by Crippen LogP contribution is 2.16. The van der Waals surface area contributed by atoms with E-state index in [4.69, 9.17) is 0 Å². The first-order valence-electron chi connectivity index (χ1n) is 7.60. The standard InChI is InChI=1S/C15H23N3O3S2.ClH/c1-11(2)18-23(20,21)14-5-3-12(4-6-14)17-15(19)9-13-10-22-8-7-16-13;/h3-6,11,13,16,18H,7-10H2,1-2H3,(H,17,19);1H. The van der Waals surface area contributed by atoms with Crippen molar-refractivity contribution in [3.8, 4) is 0 Å². The van der Waals surface area contributed by atoms with Gasteiger partial charge in [0, 0.05) is 42.2 Å². The zero-order chi connectivity index (χ0) is 16.9. The number of nitrogens with one attached hydrogen (secondary N) is 3. The van der Waals surface area contributed by atoms with Crippen LogP contribution in [0.1, 0.15) is 20.3 Å². The Kier molecular flexibility index (Phi) is 8.52. The van der Waals surface area contributed by atoms with E-state index in [2.05, 4.69) is 15.4 Å². The van der Waals surface area contributed by atoms with Crippen LogP contribution in [-0.4, -0.2) is 44.5 Å². The van der Waals surface area contributed by atoms with Crippen molar-refractivity contribution in [2.75, 3.05) is 23.4 Å². The first kappa shape index (κ1) is 21.2. The van der Waals surface area contributed by atoms with Gasteiger partial charge in [-0.25, -0.2) is 13.1 Å². The topological polar surface area (TPSA) is 87.3 Å². The Hall–Kier alpha value is -0.800. The van der Waals surface area contributed by atoms with Gasteiger partial charge in [-0.2, -0.15) is 11.8 Å². The molecule has 1 aliphatic heterocycles. The van der Waals surface area contributed by atoms with Crippen molar-refractivity contribution < 1.29 is 13.2 Å². The largest absolute Gasteiger partial charge is 0.326 e. The molecule has 1 heterocycles. The van der Waals surface area contributed by atoms with Gasteiger partial charge in [-0.15, -0.1) is 12.4 Å². The number of carbonyl (C=O) groups excluding carboxylic acids is 1. The van der Waals surface area contributed by atoms with Gasteiger partial charge >= 0.3 is 0 Å². The summed E-state index contributed by atoms with van der Waals surface area (Å²) in [5.74, 6) is 1.95. The van der Waals surface area contributed by atoms with Crippen LogP contribution in [0, 0.1) is 0 Å². The number of sulfonamides is 1. The van der Waals surface area contributed by atoms with Crippen LogP contribution < -0.4 is 15.4 Å². The lowest BCUT2D eigenvalue weighted by Crippen LogP contribution is -2.39. The lowest BCUT2D eigenvalue weighted by atomic mass is 10.2. The Balaban J connectivity index is 0.00000288. The SMILES string of the molecule is CC(C)NS(=O)(=O)c1ccc(NC(=O)CC2CSCCN2)cc1.Cl. The fraction of sp³-hybridized carbons (Fsp3) is 0.533. The van der Waals surface area contributed by atoms with Gasteiger partial charge < -0.3 is 10.6 Å². The zero-order valence-corrected chi connectivity index (χ0v) is 16.2. The molecule has 0 aliphatic carbocycles. The lowest BCUT2D eigenvalue weighted by molar-refractivity contribution is -0.116. The molecular formula is C15H24ClN3O3S2. The first-order chi connectivity index (χ1) is 10.9. The number of anilines is 1. The maximum Gasteiger partial charge on any atom is 0.240 e. The van der Waals surface area contributed by atoms with Crippen molar-refractivity contribution in [3.63, 3.8) is 0 Å². The van der Waals surface area contributed by atoms with Gasteiger partial charge in [0.1, 0.15) is 0 Å². The molecule has 1 unspecified atom stereocenters. The van der Waals surface area contributed by atoms with Gasteiger partial charge in [-0.3, -0.25) is 4.79 Å².